The first kappa shape index (κ1) is 9.25. The molecule has 0 bridgehead atoms. The average Bonchev–Trinajstić information content (AvgIpc) is 2.23. The summed E-state index contributed by atoms with van der Waals surface area (Å²) in [5.74, 6) is 0.378. The molecule has 14 heavy (non-hydrogen) atoms. The average molecular weight is 189 g/mol. The lowest BCUT2D eigenvalue weighted by Gasteiger charge is -2.24. The van der Waals surface area contributed by atoms with Crippen molar-refractivity contribution in [2.24, 2.45) is 5.92 Å². The lowest BCUT2D eigenvalue weighted by atomic mass is 9.91. The molecule has 1 aromatic carbocycles. The van der Waals surface area contributed by atoms with Crippen LogP contribution in [0.15, 0.2) is 18.2 Å². The lowest BCUT2D eigenvalue weighted by molar-refractivity contribution is 0.0932. The van der Waals surface area contributed by atoms with E-state index in [2.05, 4.69) is 18.3 Å². The first-order chi connectivity index (χ1) is 6.74. The van der Waals surface area contributed by atoms with Gasteiger partial charge in [-0.1, -0.05) is 26.0 Å². The van der Waals surface area contributed by atoms with Gasteiger partial charge in [0.1, 0.15) is 0 Å². The lowest BCUT2D eigenvalue weighted by Crippen LogP contribution is -2.28. The number of carbonyl (C=O) groups is 1. The fourth-order valence-corrected chi connectivity index (χ4v) is 1.92. The maximum atomic E-state index is 11.8. The number of rotatable bonds is 1. The standard InChI is InChI=1S/C12H15NO/c1-3-9-5-4-6-10-11(9)13-7-8(2)12(10)14/h4-6,8,13H,3,7H2,1-2H3. The van der Waals surface area contributed by atoms with Crippen LogP contribution >= 0.6 is 0 Å². The molecule has 0 saturated heterocycles. The van der Waals surface area contributed by atoms with E-state index in [0.29, 0.717) is 0 Å². The number of anilines is 1. The van der Waals surface area contributed by atoms with Gasteiger partial charge >= 0.3 is 0 Å². The second-order valence-corrected chi connectivity index (χ2v) is 3.84. The maximum absolute atomic E-state index is 11.8. The van der Waals surface area contributed by atoms with Crippen molar-refractivity contribution in [1.82, 2.24) is 0 Å². The molecule has 1 unspecified atom stereocenters. The van der Waals surface area contributed by atoms with E-state index in [4.69, 9.17) is 0 Å². The quantitative estimate of drug-likeness (QED) is 0.735. The summed E-state index contributed by atoms with van der Waals surface area (Å²) >= 11 is 0. The van der Waals surface area contributed by atoms with Crippen molar-refractivity contribution in [2.75, 3.05) is 11.9 Å². The highest BCUT2D eigenvalue weighted by Crippen LogP contribution is 2.28. The van der Waals surface area contributed by atoms with Crippen LogP contribution in [0.1, 0.15) is 29.8 Å². The third kappa shape index (κ3) is 1.31. The minimum atomic E-state index is 0.106. The van der Waals surface area contributed by atoms with Crippen LogP contribution in [-0.2, 0) is 6.42 Å². The van der Waals surface area contributed by atoms with Crippen LogP contribution in [0.4, 0.5) is 5.69 Å². The molecule has 1 aliphatic rings. The highest BCUT2D eigenvalue weighted by Gasteiger charge is 2.24. The molecule has 0 aliphatic carbocycles. The van der Waals surface area contributed by atoms with Gasteiger partial charge in [0.2, 0.25) is 0 Å². The number of hydrogen-bond acceptors (Lipinski definition) is 2. The monoisotopic (exact) mass is 189 g/mol. The van der Waals surface area contributed by atoms with E-state index in [0.717, 1.165) is 24.2 Å². The normalized spacial score (nSPS) is 20.1. The van der Waals surface area contributed by atoms with Gasteiger partial charge in [0, 0.05) is 23.7 Å². The van der Waals surface area contributed by atoms with Gasteiger partial charge in [-0.05, 0) is 18.1 Å². The molecule has 0 saturated carbocycles. The van der Waals surface area contributed by atoms with E-state index < -0.39 is 0 Å². The minimum Gasteiger partial charge on any atom is -0.384 e. The van der Waals surface area contributed by atoms with Gasteiger partial charge < -0.3 is 5.32 Å². The Morgan fingerprint density at radius 1 is 1.50 bits per heavy atom. The Morgan fingerprint density at radius 3 is 3.00 bits per heavy atom. The molecule has 0 spiro atoms. The first-order valence-electron chi connectivity index (χ1n) is 5.14. The second kappa shape index (κ2) is 3.45. The third-order valence-electron chi connectivity index (χ3n) is 2.83. The van der Waals surface area contributed by atoms with Gasteiger partial charge in [-0.2, -0.15) is 0 Å². The van der Waals surface area contributed by atoms with E-state index in [9.17, 15) is 4.79 Å². The van der Waals surface area contributed by atoms with Crippen molar-refractivity contribution in [2.45, 2.75) is 20.3 Å². The SMILES string of the molecule is CCc1cccc2c1NCC(C)C2=O. The summed E-state index contributed by atoms with van der Waals surface area (Å²) in [5, 5.41) is 3.34. The summed E-state index contributed by atoms with van der Waals surface area (Å²) in [7, 11) is 0. The van der Waals surface area contributed by atoms with E-state index in [1.54, 1.807) is 0 Å². The third-order valence-corrected chi connectivity index (χ3v) is 2.83. The Balaban J connectivity index is 2.52. The fourth-order valence-electron chi connectivity index (χ4n) is 1.92. The van der Waals surface area contributed by atoms with Crippen molar-refractivity contribution < 1.29 is 4.79 Å². The van der Waals surface area contributed by atoms with Gasteiger partial charge in [0.05, 0.1) is 0 Å². The number of fused-ring (bicyclic) bond motifs is 1. The highest BCUT2D eigenvalue weighted by atomic mass is 16.1. The zero-order valence-corrected chi connectivity index (χ0v) is 8.63. The van der Waals surface area contributed by atoms with Crippen LogP contribution in [0, 0.1) is 5.92 Å². The number of nitrogens with one attached hydrogen (secondary N) is 1. The molecule has 0 aromatic heterocycles. The van der Waals surface area contributed by atoms with Crippen LogP contribution in [0.2, 0.25) is 0 Å². The molecule has 0 fully saturated rings. The number of Topliss-reactive ketones (excluding diaryl/α,β-unsaturated/α-hetero) is 1. The number of hydrogen-bond donors (Lipinski definition) is 1. The summed E-state index contributed by atoms with van der Waals surface area (Å²) in [4.78, 5) is 11.8. The zero-order valence-electron chi connectivity index (χ0n) is 8.63. The molecule has 1 heterocycles. The summed E-state index contributed by atoms with van der Waals surface area (Å²) in [6.45, 7) is 4.85. The molecule has 1 aliphatic heterocycles. The molecule has 0 amide bonds. The van der Waals surface area contributed by atoms with Crippen LogP contribution in [0.3, 0.4) is 0 Å². The number of benzene rings is 1. The molecule has 2 heteroatoms. The minimum absolute atomic E-state index is 0.106. The Kier molecular flexibility index (Phi) is 2.28. The first-order valence-corrected chi connectivity index (χ1v) is 5.14. The molecule has 2 rings (SSSR count). The molecule has 1 aromatic rings. The summed E-state index contributed by atoms with van der Waals surface area (Å²) in [6.07, 6.45) is 0.970. The van der Waals surface area contributed by atoms with Gasteiger partial charge in [0.15, 0.2) is 5.78 Å². The molecule has 1 atom stereocenters. The molecule has 0 radical (unpaired) electrons. The summed E-state index contributed by atoms with van der Waals surface area (Å²) < 4.78 is 0. The predicted molar refractivity (Wildman–Crippen MR) is 57.8 cm³/mol. The van der Waals surface area contributed by atoms with Crippen molar-refractivity contribution >= 4 is 11.5 Å². The van der Waals surface area contributed by atoms with E-state index in [1.807, 2.05) is 19.1 Å². The van der Waals surface area contributed by atoms with Crippen molar-refractivity contribution in [3.05, 3.63) is 29.3 Å². The van der Waals surface area contributed by atoms with Crippen molar-refractivity contribution in [3.8, 4) is 0 Å². The van der Waals surface area contributed by atoms with Gasteiger partial charge in [0.25, 0.3) is 0 Å². The Morgan fingerprint density at radius 2 is 2.29 bits per heavy atom. The topological polar surface area (TPSA) is 29.1 Å². The Bertz CT molecular complexity index is 371. The molecule has 2 nitrogen and oxygen atoms in total. The van der Waals surface area contributed by atoms with E-state index in [-0.39, 0.29) is 11.7 Å². The Hall–Kier alpha value is -1.31. The van der Waals surface area contributed by atoms with Crippen LogP contribution in [0.5, 0.6) is 0 Å². The molecular formula is C12H15NO. The van der Waals surface area contributed by atoms with Gasteiger partial charge in [-0.25, -0.2) is 0 Å². The Labute approximate surface area is 84.3 Å². The highest BCUT2D eigenvalue weighted by molar-refractivity contribution is 6.05. The van der Waals surface area contributed by atoms with Crippen LogP contribution in [-0.4, -0.2) is 12.3 Å². The predicted octanol–water partition coefficient (Wildman–Crippen LogP) is 2.49. The van der Waals surface area contributed by atoms with E-state index >= 15 is 0 Å². The largest absolute Gasteiger partial charge is 0.384 e. The zero-order chi connectivity index (χ0) is 10.1. The number of carbonyl (C=O) groups excluding carboxylic acids is 1. The van der Waals surface area contributed by atoms with Gasteiger partial charge in [-0.15, -0.1) is 0 Å². The van der Waals surface area contributed by atoms with E-state index in [1.165, 1.54) is 5.56 Å². The number of ketones is 1. The number of para-hydroxylation sites is 1. The van der Waals surface area contributed by atoms with Crippen LogP contribution < -0.4 is 5.32 Å². The van der Waals surface area contributed by atoms with Gasteiger partial charge in [-0.3, -0.25) is 4.79 Å². The fraction of sp³-hybridized carbons (Fsp3) is 0.417. The van der Waals surface area contributed by atoms with Crippen LogP contribution in [0.25, 0.3) is 0 Å². The molecule has 74 valence electrons. The molecular weight excluding hydrogens is 174 g/mol. The molecule has 1 N–H and O–H groups in total. The van der Waals surface area contributed by atoms with Crippen molar-refractivity contribution in [3.63, 3.8) is 0 Å². The smallest absolute Gasteiger partial charge is 0.169 e. The maximum Gasteiger partial charge on any atom is 0.169 e. The summed E-state index contributed by atoms with van der Waals surface area (Å²) in [6, 6.07) is 5.96. The second-order valence-electron chi connectivity index (χ2n) is 3.84. The number of aryl methyl sites for hydroxylation is 1. The van der Waals surface area contributed by atoms with Crippen molar-refractivity contribution in [1.29, 1.82) is 0 Å². The summed E-state index contributed by atoms with van der Waals surface area (Å²) in [5.41, 5.74) is 3.16.